The maximum atomic E-state index is 14.2. The third kappa shape index (κ3) is 2.74. The summed E-state index contributed by atoms with van der Waals surface area (Å²) in [7, 11) is 3.63. The molecule has 0 radical (unpaired) electrons. The van der Waals surface area contributed by atoms with Gasteiger partial charge >= 0.3 is 0 Å². The lowest BCUT2D eigenvalue weighted by atomic mass is 9.93. The van der Waals surface area contributed by atoms with E-state index in [0.29, 0.717) is 12.1 Å². The number of benzene rings is 2. The van der Waals surface area contributed by atoms with Gasteiger partial charge in [0.1, 0.15) is 17.4 Å². The minimum atomic E-state index is -0.567. The molecule has 0 bridgehead atoms. The molecule has 1 aliphatic heterocycles. The van der Waals surface area contributed by atoms with E-state index in [1.807, 2.05) is 31.3 Å². The Morgan fingerprint density at radius 1 is 1.05 bits per heavy atom. The summed E-state index contributed by atoms with van der Waals surface area (Å²) in [5.74, 6) is -0.340. The van der Waals surface area contributed by atoms with Crippen LogP contribution in [0.15, 0.2) is 42.5 Å². The number of rotatable bonds is 2. The molecule has 0 atom stereocenters. The highest BCUT2D eigenvalue weighted by atomic mass is 19.1. The van der Waals surface area contributed by atoms with Crippen LogP contribution in [0.1, 0.15) is 16.7 Å². The van der Waals surface area contributed by atoms with Crippen molar-refractivity contribution in [1.82, 2.24) is 4.90 Å². The molecule has 3 rings (SSSR count). The zero-order chi connectivity index (χ0) is 15.7. The van der Waals surface area contributed by atoms with Crippen molar-refractivity contribution in [2.75, 3.05) is 20.7 Å². The van der Waals surface area contributed by atoms with E-state index in [4.69, 9.17) is 4.74 Å². The number of halogens is 2. The molecule has 0 aliphatic carbocycles. The van der Waals surface area contributed by atoms with Crippen molar-refractivity contribution in [3.05, 3.63) is 70.8 Å². The molecule has 2 aromatic carbocycles. The van der Waals surface area contributed by atoms with Gasteiger partial charge in [0, 0.05) is 24.7 Å². The first-order valence-electron chi connectivity index (χ1n) is 7.10. The molecule has 114 valence electrons. The van der Waals surface area contributed by atoms with Crippen LogP contribution in [0.5, 0.6) is 5.75 Å². The van der Waals surface area contributed by atoms with Crippen LogP contribution in [0.3, 0.4) is 0 Å². The Hall–Kier alpha value is -2.20. The third-order valence-corrected chi connectivity index (χ3v) is 3.87. The molecular weight excluding hydrogens is 284 g/mol. The third-order valence-electron chi connectivity index (χ3n) is 3.87. The van der Waals surface area contributed by atoms with E-state index < -0.39 is 11.6 Å². The molecule has 0 fully saturated rings. The molecule has 1 heterocycles. The van der Waals surface area contributed by atoms with E-state index in [2.05, 4.69) is 4.90 Å². The van der Waals surface area contributed by atoms with Crippen LogP contribution in [0, 0.1) is 11.6 Å². The molecule has 0 N–H and O–H groups in total. The van der Waals surface area contributed by atoms with E-state index in [0.717, 1.165) is 35.1 Å². The zero-order valence-corrected chi connectivity index (χ0v) is 12.6. The van der Waals surface area contributed by atoms with Gasteiger partial charge in [-0.25, -0.2) is 8.78 Å². The lowest BCUT2D eigenvalue weighted by Crippen LogP contribution is -2.16. The molecule has 0 unspecified atom stereocenters. The second kappa shape index (κ2) is 5.89. The van der Waals surface area contributed by atoms with Crippen LogP contribution in [-0.2, 0) is 6.54 Å². The lowest BCUT2D eigenvalue weighted by Gasteiger charge is -2.15. The van der Waals surface area contributed by atoms with Crippen molar-refractivity contribution in [2.45, 2.75) is 6.54 Å². The van der Waals surface area contributed by atoms with Crippen LogP contribution >= 0.6 is 0 Å². The summed E-state index contributed by atoms with van der Waals surface area (Å²) in [5.41, 5.74) is 3.23. The van der Waals surface area contributed by atoms with Crippen molar-refractivity contribution in [3.8, 4) is 5.75 Å². The van der Waals surface area contributed by atoms with Crippen LogP contribution in [0.2, 0.25) is 0 Å². The molecule has 2 nitrogen and oxygen atoms in total. The van der Waals surface area contributed by atoms with E-state index in [-0.39, 0.29) is 0 Å². The average molecular weight is 301 g/mol. The average Bonchev–Trinajstić information content (AvgIpc) is 2.65. The smallest absolute Gasteiger partial charge is 0.133 e. The summed E-state index contributed by atoms with van der Waals surface area (Å²) >= 11 is 0. The summed E-state index contributed by atoms with van der Waals surface area (Å²) in [5, 5.41) is 0. The van der Waals surface area contributed by atoms with Gasteiger partial charge in [0.15, 0.2) is 0 Å². The fraction of sp³-hybridized carbons (Fsp3) is 0.222. The largest absolute Gasteiger partial charge is 0.497 e. The molecule has 0 aromatic heterocycles. The van der Waals surface area contributed by atoms with Gasteiger partial charge in [-0.05, 0) is 48.0 Å². The number of methoxy groups -OCH3 is 1. The van der Waals surface area contributed by atoms with Crippen LogP contribution in [0.25, 0.3) is 5.57 Å². The Bertz CT molecular complexity index is 740. The predicted molar refractivity (Wildman–Crippen MR) is 82.8 cm³/mol. The minimum absolute atomic E-state index is 0.420. The minimum Gasteiger partial charge on any atom is -0.497 e. The fourth-order valence-corrected chi connectivity index (χ4v) is 2.77. The zero-order valence-electron chi connectivity index (χ0n) is 12.6. The first-order chi connectivity index (χ1) is 10.6. The lowest BCUT2D eigenvalue weighted by molar-refractivity contribution is 0.363. The molecule has 0 spiro atoms. The van der Waals surface area contributed by atoms with E-state index in [9.17, 15) is 8.78 Å². The number of nitrogens with zero attached hydrogens (tertiary/aromatic N) is 1. The molecule has 0 amide bonds. The Kier molecular flexibility index (Phi) is 3.94. The summed E-state index contributed by atoms with van der Waals surface area (Å²) in [6.45, 7) is 1.44. The van der Waals surface area contributed by atoms with Crippen molar-refractivity contribution in [1.29, 1.82) is 0 Å². The normalized spacial score (nSPS) is 15.0. The molecule has 1 aliphatic rings. The van der Waals surface area contributed by atoms with E-state index in [1.165, 1.54) is 12.1 Å². The van der Waals surface area contributed by atoms with Crippen LogP contribution < -0.4 is 4.74 Å². The van der Waals surface area contributed by atoms with Gasteiger partial charge in [-0.3, -0.25) is 4.90 Å². The van der Waals surface area contributed by atoms with Gasteiger partial charge in [-0.2, -0.15) is 0 Å². The van der Waals surface area contributed by atoms with Crippen molar-refractivity contribution < 1.29 is 13.5 Å². The number of hydrogen-bond donors (Lipinski definition) is 0. The molecule has 2 aromatic rings. The first kappa shape index (κ1) is 14.7. The Labute approximate surface area is 128 Å². The number of fused-ring (bicyclic) bond motifs is 1. The second-order valence-electron chi connectivity index (χ2n) is 5.46. The van der Waals surface area contributed by atoms with Crippen molar-refractivity contribution in [3.63, 3.8) is 0 Å². The van der Waals surface area contributed by atoms with Gasteiger partial charge in [-0.15, -0.1) is 0 Å². The summed E-state index contributed by atoms with van der Waals surface area (Å²) < 4.78 is 32.6. The monoisotopic (exact) mass is 301 g/mol. The second-order valence-corrected chi connectivity index (χ2v) is 5.46. The van der Waals surface area contributed by atoms with Gasteiger partial charge in [0.05, 0.1) is 7.11 Å². The first-order valence-corrected chi connectivity index (χ1v) is 7.10. The van der Waals surface area contributed by atoms with E-state index in [1.54, 1.807) is 7.11 Å². The molecule has 0 saturated carbocycles. The fourth-order valence-electron chi connectivity index (χ4n) is 2.77. The highest BCUT2D eigenvalue weighted by molar-refractivity contribution is 5.82. The topological polar surface area (TPSA) is 12.5 Å². The van der Waals surface area contributed by atoms with Crippen molar-refractivity contribution in [2.24, 2.45) is 0 Å². The maximum absolute atomic E-state index is 14.2. The Morgan fingerprint density at radius 2 is 1.82 bits per heavy atom. The summed E-state index contributed by atoms with van der Waals surface area (Å²) in [6.07, 6.45) is 1.98. The highest BCUT2D eigenvalue weighted by Gasteiger charge is 2.18. The van der Waals surface area contributed by atoms with Crippen LogP contribution in [0.4, 0.5) is 8.78 Å². The van der Waals surface area contributed by atoms with E-state index >= 15 is 0 Å². The highest BCUT2D eigenvalue weighted by Crippen LogP contribution is 2.33. The number of hydrogen-bond acceptors (Lipinski definition) is 2. The van der Waals surface area contributed by atoms with Crippen LogP contribution in [-0.4, -0.2) is 25.6 Å². The van der Waals surface area contributed by atoms with Gasteiger partial charge in [0.2, 0.25) is 0 Å². The van der Waals surface area contributed by atoms with Crippen molar-refractivity contribution >= 4 is 5.57 Å². The Morgan fingerprint density at radius 3 is 2.55 bits per heavy atom. The predicted octanol–water partition coefficient (Wildman–Crippen LogP) is 3.85. The quantitative estimate of drug-likeness (QED) is 0.835. The number of ether oxygens (including phenoxy) is 1. The maximum Gasteiger partial charge on any atom is 0.133 e. The molecular formula is C18H17F2NO. The molecule has 22 heavy (non-hydrogen) atoms. The number of likely N-dealkylation sites (N-methyl/N-ethyl adjacent to an activating group) is 1. The van der Waals surface area contributed by atoms with Gasteiger partial charge in [0.25, 0.3) is 0 Å². The molecule has 4 heteroatoms. The summed E-state index contributed by atoms with van der Waals surface area (Å²) in [6, 6.07) is 9.47. The Balaban J connectivity index is 2.15. The van der Waals surface area contributed by atoms with Gasteiger partial charge in [-0.1, -0.05) is 12.1 Å². The summed E-state index contributed by atoms with van der Waals surface area (Å²) in [4.78, 5) is 2.13. The van der Waals surface area contributed by atoms with Gasteiger partial charge < -0.3 is 4.74 Å². The molecule has 0 saturated heterocycles. The SMILES string of the molecule is COc1ccc2c(c1)CN(C)CC=C2c1ccc(F)cc1F. The standard InChI is InChI=1S/C18H17F2NO/c1-21-8-7-16(17-5-3-13(19)10-18(17)20)15-6-4-14(22-2)9-12(15)11-21/h3-7,9-10H,8,11H2,1-2H3.